The van der Waals surface area contributed by atoms with Gasteiger partial charge in [0.1, 0.15) is 0 Å². The summed E-state index contributed by atoms with van der Waals surface area (Å²) in [6, 6.07) is 4.22. The minimum atomic E-state index is -4.94. The van der Waals surface area contributed by atoms with Crippen LogP contribution in [-0.4, -0.2) is 47.4 Å². The molecule has 0 amide bonds. The Kier molecular flexibility index (Phi) is 4.66. The molecule has 21 heavy (non-hydrogen) atoms. The lowest BCUT2D eigenvalue weighted by Gasteiger charge is -2.21. The second-order valence-corrected chi connectivity index (χ2v) is 7.99. The Labute approximate surface area is 123 Å². The molecule has 6 nitrogen and oxygen atoms in total. The summed E-state index contributed by atoms with van der Waals surface area (Å²) in [6.45, 7) is 0.410. The largest absolute Gasteiger partial charge is 0.383 e. The van der Waals surface area contributed by atoms with Gasteiger partial charge in [0.05, 0.1) is 16.4 Å². The van der Waals surface area contributed by atoms with E-state index in [0.717, 1.165) is 25.0 Å². The average molecular weight is 337 g/mol. The molecule has 118 valence electrons. The van der Waals surface area contributed by atoms with E-state index in [1.54, 1.807) is 0 Å². The van der Waals surface area contributed by atoms with Crippen LogP contribution >= 0.6 is 0 Å². The van der Waals surface area contributed by atoms with Gasteiger partial charge >= 0.3 is 10.2 Å². The maximum Gasteiger partial charge on any atom is 0.332 e. The normalized spacial score (nSPS) is 16.3. The summed E-state index contributed by atoms with van der Waals surface area (Å²) in [7, 11) is -7.34. The molecule has 1 aliphatic carbocycles. The quantitative estimate of drug-likeness (QED) is 0.697. The summed E-state index contributed by atoms with van der Waals surface area (Å²) in [5.41, 5.74) is 0. The molecule has 0 spiro atoms. The van der Waals surface area contributed by atoms with Gasteiger partial charge in [-0.2, -0.15) is 12.7 Å². The van der Waals surface area contributed by atoms with Crippen LogP contribution in [-0.2, 0) is 25.0 Å². The van der Waals surface area contributed by atoms with E-state index in [0.29, 0.717) is 0 Å². The highest BCUT2D eigenvalue weighted by Crippen LogP contribution is 2.32. The molecular weight excluding hydrogens is 321 g/mol. The van der Waals surface area contributed by atoms with Crippen LogP contribution in [0.3, 0.4) is 0 Å². The smallest absolute Gasteiger partial charge is 0.332 e. The lowest BCUT2D eigenvalue weighted by Crippen LogP contribution is -2.35. The van der Waals surface area contributed by atoms with Crippen LogP contribution in [0.1, 0.15) is 12.8 Å². The van der Waals surface area contributed by atoms with E-state index in [9.17, 15) is 20.7 Å². The predicted octanol–water partition coefficient (Wildman–Crippen LogP) is 1.14. The van der Waals surface area contributed by atoms with Crippen molar-refractivity contribution >= 4 is 20.2 Å². The number of benzene rings is 1. The van der Waals surface area contributed by atoms with Gasteiger partial charge in [-0.25, -0.2) is 8.42 Å². The monoisotopic (exact) mass is 337 g/mol. The van der Waals surface area contributed by atoms with Gasteiger partial charge in [0.25, 0.3) is 0 Å². The summed E-state index contributed by atoms with van der Waals surface area (Å²) in [5, 5.41) is 0. The van der Waals surface area contributed by atoms with Crippen LogP contribution in [0, 0.1) is 0 Å². The van der Waals surface area contributed by atoms with Crippen molar-refractivity contribution in [2.45, 2.75) is 28.7 Å². The Morgan fingerprint density at radius 1 is 1.24 bits per heavy atom. The molecule has 0 aliphatic heterocycles. The van der Waals surface area contributed by atoms with Gasteiger partial charge in [0.2, 0.25) is 10.0 Å². The Bertz CT molecular complexity index is 713. The van der Waals surface area contributed by atoms with Crippen molar-refractivity contribution in [2.24, 2.45) is 0 Å². The minimum Gasteiger partial charge on any atom is -0.383 e. The summed E-state index contributed by atoms with van der Waals surface area (Å²) in [6.07, 6.45) is 1.51. The van der Waals surface area contributed by atoms with Crippen LogP contribution in [0.5, 0.6) is 0 Å². The third kappa shape index (κ3) is 3.79. The molecule has 0 heterocycles. The van der Waals surface area contributed by atoms with Crippen molar-refractivity contribution in [2.75, 3.05) is 20.3 Å². The van der Waals surface area contributed by atoms with Gasteiger partial charge in [-0.05, 0) is 31.0 Å². The van der Waals surface area contributed by atoms with Gasteiger partial charge < -0.3 is 4.74 Å². The molecule has 0 saturated heterocycles. The number of hydrogen-bond donors (Lipinski definition) is 0. The van der Waals surface area contributed by atoms with Gasteiger partial charge in [-0.15, -0.1) is 3.89 Å². The molecule has 0 radical (unpaired) electrons. The molecule has 0 N–H and O–H groups in total. The van der Waals surface area contributed by atoms with Gasteiger partial charge in [0.15, 0.2) is 0 Å². The second kappa shape index (κ2) is 5.99. The first kappa shape index (κ1) is 16.3. The SMILES string of the molecule is COCCN(C1CC1)S(=O)(=O)c1cccc(S(=O)(=O)F)c1. The van der Waals surface area contributed by atoms with E-state index in [4.69, 9.17) is 4.74 Å². The maximum atomic E-state index is 13.0. The third-order valence-electron chi connectivity index (χ3n) is 3.16. The highest BCUT2D eigenvalue weighted by atomic mass is 32.3. The number of hydrogen-bond acceptors (Lipinski definition) is 5. The lowest BCUT2D eigenvalue weighted by atomic mass is 10.4. The summed E-state index contributed by atoms with van der Waals surface area (Å²) in [4.78, 5) is -0.893. The van der Waals surface area contributed by atoms with Crippen LogP contribution in [0.25, 0.3) is 0 Å². The first-order chi connectivity index (χ1) is 9.76. The number of sulfonamides is 1. The fraction of sp³-hybridized carbons (Fsp3) is 0.500. The van der Waals surface area contributed by atoms with Crippen molar-refractivity contribution in [1.82, 2.24) is 4.31 Å². The number of rotatable bonds is 7. The summed E-state index contributed by atoms with van der Waals surface area (Å²) < 4.78 is 66.1. The molecule has 0 bridgehead atoms. The van der Waals surface area contributed by atoms with Crippen molar-refractivity contribution in [3.8, 4) is 0 Å². The molecular formula is C12H16FNO5S2. The number of halogens is 1. The lowest BCUT2D eigenvalue weighted by molar-refractivity contribution is 0.177. The first-order valence-corrected chi connectivity index (χ1v) is 9.14. The molecule has 2 rings (SSSR count). The highest BCUT2D eigenvalue weighted by Gasteiger charge is 2.38. The van der Waals surface area contributed by atoms with E-state index >= 15 is 0 Å². The zero-order chi connectivity index (χ0) is 15.7. The molecule has 0 unspecified atom stereocenters. The van der Waals surface area contributed by atoms with E-state index in [-0.39, 0.29) is 24.1 Å². The fourth-order valence-electron chi connectivity index (χ4n) is 1.96. The van der Waals surface area contributed by atoms with E-state index in [1.165, 1.54) is 23.5 Å². The standard InChI is InChI=1S/C12H16FNO5S2/c1-19-8-7-14(10-5-6-10)21(17,18)12-4-2-3-11(9-12)20(13,15)16/h2-4,9-10H,5-8H2,1H3. The van der Waals surface area contributed by atoms with Gasteiger partial charge in [-0.1, -0.05) is 6.07 Å². The summed E-state index contributed by atoms with van der Waals surface area (Å²) in [5.74, 6) is 0. The number of methoxy groups -OCH3 is 1. The Hall–Kier alpha value is -1.03. The molecule has 1 aromatic rings. The minimum absolute atomic E-state index is 0.101. The Morgan fingerprint density at radius 2 is 1.86 bits per heavy atom. The van der Waals surface area contributed by atoms with Crippen molar-refractivity contribution in [3.63, 3.8) is 0 Å². The topological polar surface area (TPSA) is 80.8 Å². The van der Waals surface area contributed by atoms with E-state index in [1.807, 2.05) is 0 Å². The van der Waals surface area contributed by atoms with Gasteiger partial charge in [0, 0.05) is 19.7 Å². The van der Waals surface area contributed by atoms with Crippen molar-refractivity contribution in [3.05, 3.63) is 24.3 Å². The molecule has 1 fully saturated rings. The van der Waals surface area contributed by atoms with E-state index in [2.05, 4.69) is 0 Å². The molecule has 9 heteroatoms. The number of nitrogens with zero attached hydrogens (tertiary/aromatic N) is 1. The molecule has 1 aromatic carbocycles. The third-order valence-corrected chi connectivity index (χ3v) is 5.93. The fourth-order valence-corrected chi connectivity index (χ4v) is 4.26. The van der Waals surface area contributed by atoms with Crippen molar-refractivity contribution < 1.29 is 25.5 Å². The highest BCUT2D eigenvalue weighted by molar-refractivity contribution is 7.89. The Balaban J connectivity index is 2.38. The van der Waals surface area contributed by atoms with Crippen molar-refractivity contribution in [1.29, 1.82) is 0 Å². The maximum absolute atomic E-state index is 13.0. The van der Waals surface area contributed by atoms with Crippen LogP contribution < -0.4 is 0 Å². The molecule has 1 aliphatic rings. The van der Waals surface area contributed by atoms with E-state index < -0.39 is 25.1 Å². The molecule has 0 atom stereocenters. The zero-order valence-corrected chi connectivity index (χ0v) is 13.0. The Morgan fingerprint density at radius 3 is 2.38 bits per heavy atom. The predicted molar refractivity (Wildman–Crippen MR) is 73.5 cm³/mol. The first-order valence-electron chi connectivity index (χ1n) is 6.32. The number of ether oxygens (including phenoxy) is 1. The second-order valence-electron chi connectivity index (χ2n) is 4.75. The zero-order valence-electron chi connectivity index (χ0n) is 11.4. The molecule has 0 aromatic heterocycles. The van der Waals surface area contributed by atoms with Crippen LogP contribution in [0.4, 0.5) is 3.89 Å². The average Bonchev–Trinajstić information content (AvgIpc) is 3.23. The van der Waals surface area contributed by atoms with Crippen LogP contribution in [0.2, 0.25) is 0 Å². The van der Waals surface area contributed by atoms with Gasteiger partial charge in [-0.3, -0.25) is 0 Å². The summed E-state index contributed by atoms with van der Waals surface area (Å²) >= 11 is 0. The van der Waals surface area contributed by atoms with Crippen LogP contribution in [0.15, 0.2) is 34.1 Å². The molecule has 1 saturated carbocycles.